The summed E-state index contributed by atoms with van der Waals surface area (Å²) >= 11 is 0. The molecular formula is C42H41IrN3O-2. The fourth-order valence-corrected chi connectivity index (χ4v) is 5.87. The van der Waals surface area contributed by atoms with Crippen LogP contribution in [-0.2, 0) is 25.5 Å². The fourth-order valence-electron chi connectivity index (χ4n) is 5.87. The molecule has 0 saturated heterocycles. The molecule has 0 aliphatic rings. The monoisotopic (exact) mass is 796 g/mol. The van der Waals surface area contributed by atoms with Gasteiger partial charge in [-0.15, -0.1) is 35.9 Å². The van der Waals surface area contributed by atoms with Crippen molar-refractivity contribution in [3.05, 3.63) is 138 Å². The number of fused-ring (bicyclic) bond motifs is 2. The Morgan fingerprint density at radius 1 is 0.766 bits per heavy atom. The van der Waals surface area contributed by atoms with E-state index in [0.29, 0.717) is 11.8 Å². The first-order chi connectivity index (χ1) is 22.1. The molecule has 3 heterocycles. The van der Waals surface area contributed by atoms with E-state index in [1.165, 1.54) is 22.4 Å². The number of furan rings is 1. The van der Waals surface area contributed by atoms with Gasteiger partial charge in [0.1, 0.15) is 0 Å². The number of rotatable bonds is 5. The number of benzene rings is 4. The second kappa shape index (κ2) is 14.2. The van der Waals surface area contributed by atoms with E-state index in [9.17, 15) is 0 Å². The molecule has 3 aromatic heterocycles. The SMILES string of the molecule is CC(C)c1cccc(C(C)C)c1-n1c(-c2[c-]oc3ccc(C(C)(C)C)cc23)nc2ccccc21.[Ir].[c-]1ccccc1-c1ccccn1. The van der Waals surface area contributed by atoms with Gasteiger partial charge < -0.3 is 14.0 Å². The largest absolute Gasteiger partial charge is 0.557 e. The van der Waals surface area contributed by atoms with Gasteiger partial charge in [0.2, 0.25) is 0 Å². The fraction of sp³-hybridized carbons (Fsp3) is 0.238. The zero-order chi connectivity index (χ0) is 32.4. The molecule has 7 rings (SSSR count). The maximum Gasteiger partial charge on any atom is 0.0774 e. The molecule has 7 aromatic rings. The zero-order valence-electron chi connectivity index (χ0n) is 28.1. The van der Waals surface area contributed by atoms with Gasteiger partial charge in [-0.3, -0.25) is 4.98 Å². The van der Waals surface area contributed by atoms with Gasteiger partial charge in [-0.2, -0.15) is 0 Å². The summed E-state index contributed by atoms with van der Waals surface area (Å²) in [5.74, 6) is 1.63. The van der Waals surface area contributed by atoms with Gasteiger partial charge in [-0.05, 0) is 52.3 Å². The van der Waals surface area contributed by atoms with Gasteiger partial charge in [-0.1, -0.05) is 126 Å². The molecule has 241 valence electrons. The van der Waals surface area contributed by atoms with Crippen molar-refractivity contribution in [2.24, 2.45) is 0 Å². The number of para-hydroxylation sites is 3. The van der Waals surface area contributed by atoms with Crippen molar-refractivity contribution >= 4 is 22.0 Å². The number of imidazole rings is 1. The van der Waals surface area contributed by atoms with Crippen LogP contribution < -0.4 is 0 Å². The minimum atomic E-state index is 0. The van der Waals surface area contributed by atoms with Gasteiger partial charge in [-0.25, -0.2) is 0 Å². The van der Waals surface area contributed by atoms with E-state index in [4.69, 9.17) is 9.40 Å². The van der Waals surface area contributed by atoms with Crippen LogP contribution in [0, 0.1) is 12.3 Å². The first-order valence-corrected chi connectivity index (χ1v) is 16.1. The van der Waals surface area contributed by atoms with Crippen molar-refractivity contribution in [1.82, 2.24) is 14.5 Å². The van der Waals surface area contributed by atoms with Gasteiger partial charge in [0.25, 0.3) is 0 Å². The van der Waals surface area contributed by atoms with Crippen LogP contribution >= 0.6 is 0 Å². The topological polar surface area (TPSA) is 43.9 Å². The van der Waals surface area contributed by atoms with Crippen molar-refractivity contribution in [3.63, 3.8) is 0 Å². The summed E-state index contributed by atoms with van der Waals surface area (Å²) in [6, 6.07) is 38.3. The van der Waals surface area contributed by atoms with Crippen LogP contribution in [0.5, 0.6) is 0 Å². The van der Waals surface area contributed by atoms with Crippen molar-refractivity contribution in [3.8, 4) is 28.3 Å². The minimum absolute atomic E-state index is 0. The van der Waals surface area contributed by atoms with E-state index < -0.39 is 0 Å². The molecule has 0 fully saturated rings. The smallest absolute Gasteiger partial charge is 0.0774 e. The Bertz CT molecular complexity index is 2020. The van der Waals surface area contributed by atoms with Gasteiger partial charge in [0, 0.05) is 43.8 Å². The second-order valence-electron chi connectivity index (χ2n) is 13.4. The summed E-state index contributed by atoms with van der Waals surface area (Å²) < 4.78 is 8.27. The molecule has 0 unspecified atom stereocenters. The van der Waals surface area contributed by atoms with E-state index >= 15 is 0 Å². The first kappa shape index (κ1) is 34.0. The van der Waals surface area contributed by atoms with E-state index in [2.05, 4.69) is 131 Å². The van der Waals surface area contributed by atoms with Crippen molar-refractivity contribution in [2.45, 2.75) is 65.7 Å². The predicted molar refractivity (Wildman–Crippen MR) is 191 cm³/mol. The van der Waals surface area contributed by atoms with Crippen LogP contribution in [0.15, 0.2) is 114 Å². The molecular weight excluding hydrogens is 755 g/mol. The minimum Gasteiger partial charge on any atom is -0.557 e. The van der Waals surface area contributed by atoms with Crippen molar-refractivity contribution in [1.29, 1.82) is 0 Å². The molecule has 4 nitrogen and oxygen atoms in total. The van der Waals surface area contributed by atoms with Crippen LogP contribution in [0.4, 0.5) is 0 Å². The Hall–Kier alpha value is -4.31. The Balaban J connectivity index is 0.000000280. The van der Waals surface area contributed by atoms with Gasteiger partial charge in [0.05, 0.1) is 16.9 Å². The second-order valence-corrected chi connectivity index (χ2v) is 13.4. The van der Waals surface area contributed by atoms with Gasteiger partial charge in [0.15, 0.2) is 0 Å². The Morgan fingerprint density at radius 3 is 2.11 bits per heavy atom. The van der Waals surface area contributed by atoms with E-state index in [0.717, 1.165) is 44.6 Å². The number of hydrogen-bond acceptors (Lipinski definition) is 3. The number of aromatic nitrogens is 3. The summed E-state index contributed by atoms with van der Waals surface area (Å²) in [6.45, 7) is 15.8. The average molecular weight is 796 g/mol. The average Bonchev–Trinajstić information content (AvgIpc) is 3.66. The summed E-state index contributed by atoms with van der Waals surface area (Å²) in [6.07, 6.45) is 5.01. The molecule has 5 heteroatoms. The Kier molecular flexibility index (Phi) is 10.3. The molecule has 4 aromatic carbocycles. The molecule has 0 amide bonds. The third kappa shape index (κ3) is 7.02. The number of pyridine rings is 1. The molecule has 47 heavy (non-hydrogen) atoms. The Morgan fingerprint density at radius 2 is 1.47 bits per heavy atom. The van der Waals surface area contributed by atoms with Crippen molar-refractivity contribution in [2.75, 3.05) is 0 Å². The molecule has 1 radical (unpaired) electrons. The van der Waals surface area contributed by atoms with Gasteiger partial charge >= 0.3 is 0 Å². The molecule has 0 saturated carbocycles. The maximum absolute atomic E-state index is 5.94. The van der Waals surface area contributed by atoms with Crippen LogP contribution in [0.2, 0.25) is 0 Å². The van der Waals surface area contributed by atoms with Crippen LogP contribution in [0.3, 0.4) is 0 Å². The number of hydrogen-bond donors (Lipinski definition) is 0. The van der Waals surface area contributed by atoms with Crippen LogP contribution in [-0.4, -0.2) is 14.5 Å². The van der Waals surface area contributed by atoms with E-state index in [-0.39, 0.29) is 25.5 Å². The molecule has 0 aliphatic carbocycles. The number of nitrogens with zero attached hydrogens (tertiary/aromatic N) is 3. The van der Waals surface area contributed by atoms with Crippen LogP contribution in [0.25, 0.3) is 50.3 Å². The Labute approximate surface area is 292 Å². The molecule has 0 spiro atoms. The first-order valence-electron chi connectivity index (χ1n) is 16.1. The summed E-state index contributed by atoms with van der Waals surface area (Å²) in [5.41, 5.74) is 11.0. The molecule has 0 aliphatic heterocycles. The predicted octanol–water partition coefficient (Wildman–Crippen LogP) is 11.3. The molecule has 0 N–H and O–H groups in total. The summed E-state index contributed by atoms with van der Waals surface area (Å²) in [4.78, 5) is 9.36. The van der Waals surface area contributed by atoms with E-state index in [1.807, 2.05) is 42.5 Å². The third-order valence-electron chi connectivity index (χ3n) is 8.38. The summed E-state index contributed by atoms with van der Waals surface area (Å²) in [7, 11) is 0. The molecule has 0 atom stereocenters. The third-order valence-corrected chi connectivity index (χ3v) is 8.38. The standard InChI is InChI=1S/C31H33N2O.C11H8N.Ir/c1-19(2)22-11-10-12-23(20(3)4)29(22)33-27-14-9-8-13-26(27)32-30(33)25-18-34-28-16-15-21(17-24(25)28)31(5,6)7;1-2-6-10(7-3-1)11-8-4-5-9-12-11;/h8-17,19-20H,1-7H3;1-6,8-9H;/q2*-1;. The normalized spacial score (nSPS) is 11.5. The maximum atomic E-state index is 5.94. The molecule has 0 bridgehead atoms. The quantitative estimate of drug-likeness (QED) is 0.163. The zero-order valence-corrected chi connectivity index (χ0v) is 30.5. The van der Waals surface area contributed by atoms with E-state index in [1.54, 1.807) is 6.20 Å². The van der Waals surface area contributed by atoms with Crippen LogP contribution in [0.1, 0.15) is 77.0 Å². The summed E-state index contributed by atoms with van der Waals surface area (Å²) in [5, 5.41) is 1.05. The van der Waals surface area contributed by atoms with Crippen molar-refractivity contribution < 1.29 is 24.5 Å².